The Morgan fingerprint density at radius 3 is 2.06 bits per heavy atom. The molecule has 1 fully saturated rings. The number of benzene rings is 3. The first-order valence-corrected chi connectivity index (χ1v) is 12.7. The molecule has 0 N–H and O–H groups in total. The lowest BCUT2D eigenvalue weighted by Crippen LogP contribution is -2.50. The van der Waals surface area contributed by atoms with E-state index in [0.29, 0.717) is 17.9 Å². The molecule has 1 heterocycles. The number of amides is 2. The zero-order valence-electron chi connectivity index (χ0n) is 19.4. The molecule has 0 radical (unpaired) electrons. The number of carbonyl (C=O) groups is 3. The topological polar surface area (TPSA) is 63.7 Å². The standard InChI is InChI=1S/C29H24BrNO4/c1-16(2)15-35-28(34)17-11-13-18(14-12-17)31-26(32)24-23-19-7-3-5-9-21(19)29(30,25(24)27(31)33)22-10-6-4-8-20(22)23/h3-14,16,23-25H,15H2,1-2H3/t23?,24-,25-,29?/m0/s1. The van der Waals surface area contributed by atoms with Gasteiger partial charge in [-0.25, -0.2) is 9.69 Å². The Hall–Kier alpha value is -3.25. The first-order chi connectivity index (χ1) is 16.8. The van der Waals surface area contributed by atoms with Gasteiger partial charge in [0.25, 0.3) is 0 Å². The molecule has 0 saturated carbocycles. The molecule has 7 rings (SSSR count). The van der Waals surface area contributed by atoms with Crippen molar-refractivity contribution in [2.24, 2.45) is 17.8 Å². The maximum absolute atomic E-state index is 13.9. The number of alkyl halides is 1. The van der Waals surface area contributed by atoms with E-state index in [0.717, 1.165) is 22.3 Å². The normalized spacial score (nSPS) is 25.9. The van der Waals surface area contributed by atoms with Crippen molar-refractivity contribution in [2.45, 2.75) is 24.1 Å². The molecule has 1 saturated heterocycles. The molecular weight excluding hydrogens is 506 g/mol. The van der Waals surface area contributed by atoms with E-state index in [1.54, 1.807) is 24.3 Å². The van der Waals surface area contributed by atoms with Gasteiger partial charge in [0.15, 0.2) is 0 Å². The first kappa shape index (κ1) is 22.2. The van der Waals surface area contributed by atoms with Crippen molar-refractivity contribution in [3.63, 3.8) is 0 Å². The van der Waals surface area contributed by atoms with Crippen molar-refractivity contribution in [1.82, 2.24) is 0 Å². The molecule has 0 unspecified atom stereocenters. The summed E-state index contributed by atoms with van der Waals surface area (Å²) >= 11 is 4.00. The molecule has 3 aromatic rings. The van der Waals surface area contributed by atoms with Gasteiger partial charge in [0, 0.05) is 5.92 Å². The quantitative estimate of drug-likeness (QED) is 0.258. The van der Waals surface area contributed by atoms with Crippen LogP contribution in [0.1, 0.15) is 52.4 Å². The van der Waals surface area contributed by atoms with E-state index in [-0.39, 0.29) is 23.7 Å². The largest absolute Gasteiger partial charge is 0.462 e. The van der Waals surface area contributed by atoms with Crippen LogP contribution in [0.15, 0.2) is 72.8 Å². The van der Waals surface area contributed by atoms with Crippen LogP contribution in [0.2, 0.25) is 0 Å². The summed E-state index contributed by atoms with van der Waals surface area (Å²) in [4.78, 5) is 41.5. The third-order valence-corrected chi connectivity index (χ3v) is 8.77. The third kappa shape index (κ3) is 3.02. The molecule has 6 heteroatoms. The number of imide groups is 1. The number of esters is 1. The van der Waals surface area contributed by atoms with Crippen molar-refractivity contribution in [2.75, 3.05) is 11.5 Å². The Labute approximate surface area is 212 Å². The minimum absolute atomic E-state index is 0.182. The van der Waals surface area contributed by atoms with Crippen LogP contribution in [0.4, 0.5) is 5.69 Å². The van der Waals surface area contributed by atoms with Crippen molar-refractivity contribution in [3.05, 3.63) is 101 Å². The zero-order chi connectivity index (χ0) is 24.5. The summed E-state index contributed by atoms with van der Waals surface area (Å²) in [5.41, 5.74) is 5.15. The molecule has 2 atom stereocenters. The van der Waals surface area contributed by atoms with E-state index in [4.69, 9.17) is 4.74 Å². The van der Waals surface area contributed by atoms with E-state index in [9.17, 15) is 14.4 Å². The first-order valence-electron chi connectivity index (χ1n) is 11.9. The fourth-order valence-electron chi connectivity index (χ4n) is 6.01. The second-order valence-corrected chi connectivity index (χ2v) is 11.2. The molecule has 0 aromatic heterocycles. The van der Waals surface area contributed by atoms with E-state index in [1.165, 1.54) is 4.90 Å². The number of hydrogen-bond donors (Lipinski definition) is 0. The monoisotopic (exact) mass is 529 g/mol. The highest BCUT2D eigenvalue weighted by Crippen LogP contribution is 2.66. The SMILES string of the molecule is CC(C)COC(=O)c1ccc(N2C(=O)[C@@H]3[C@@H](C2=O)C2c4ccccc4C3(Br)c3ccccc32)cc1. The number of hydrogen-bond acceptors (Lipinski definition) is 4. The van der Waals surface area contributed by atoms with Gasteiger partial charge in [0.2, 0.25) is 11.8 Å². The van der Waals surface area contributed by atoms with Crippen LogP contribution >= 0.6 is 15.9 Å². The second-order valence-electron chi connectivity index (χ2n) is 9.92. The third-order valence-electron chi connectivity index (χ3n) is 7.42. The number of rotatable bonds is 4. The Balaban J connectivity index is 1.40. The summed E-state index contributed by atoms with van der Waals surface area (Å²) in [7, 11) is 0. The molecule has 3 aromatic carbocycles. The molecule has 35 heavy (non-hydrogen) atoms. The van der Waals surface area contributed by atoms with Crippen molar-refractivity contribution >= 4 is 39.4 Å². The lowest BCUT2D eigenvalue weighted by atomic mass is 9.55. The van der Waals surface area contributed by atoms with Crippen LogP contribution in [0.3, 0.4) is 0 Å². The van der Waals surface area contributed by atoms with Crippen molar-refractivity contribution < 1.29 is 19.1 Å². The lowest BCUT2D eigenvalue weighted by Gasteiger charge is -2.51. The molecular formula is C29H24BrNO4. The fourth-order valence-corrected chi connectivity index (χ4v) is 7.21. The van der Waals surface area contributed by atoms with Gasteiger partial charge in [0.05, 0.1) is 34.0 Å². The van der Waals surface area contributed by atoms with Crippen molar-refractivity contribution in [1.29, 1.82) is 0 Å². The average molecular weight is 530 g/mol. The Bertz CT molecular complexity index is 1330. The van der Waals surface area contributed by atoms with E-state index < -0.39 is 22.1 Å². The van der Waals surface area contributed by atoms with Crippen molar-refractivity contribution in [3.8, 4) is 0 Å². The number of halogens is 1. The summed E-state index contributed by atoms with van der Waals surface area (Å²) in [6.07, 6.45) is 0. The molecule has 176 valence electrons. The Kier molecular flexibility index (Phi) is 5.01. The number of nitrogens with zero attached hydrogens (tertiary/aromatic N) is 1. The highest BCUT2D eigenvalue weighted by molar-refractivity contribution is 9.09. The van der Waals surface area contributed by atoms with Crippen LogP contribution in [0.5, 0.6) is 0 Å². The van der Waals surface area contributed by atoms with Gasteiger partial charge in [-0.3, -0.25) is 9.59 Å². The van der Waals surface area contributed by atoms with Gasteiger partial charge < -0.3 is 4.74 Å². The molecule has 0 spiro atoms. The second kappa shape index (κ2) is 7.89. The van der Waals surface area contributed by atoms with Gasteiger partial charge in [0.1, 0.15) is 0 Å². The molecule has 3 aliphatic carbocycles. The van der Waals surface area contributed by atoms with E-state index >= 15 is 0 Å². The lowest BCUT2D eigenvalue weighted by molar-refractivity contribution is -0.122. The summed E-state index contributed by atoms with van der Waals surface area (Å²) in [6.45, 7) is 4.28. The zero-order valence-corrected chi connectivity index (χ0v) is 21.0. The number of anilines is 1. The predicted octanol–water partition coefficient (Wildman–Crippen LogP) is 5.40. The molecule has 2 bridgehead atoms. The summed E-state index contributed by atoms with van der Waals surface area (Å²) in [5.74, 6) is -1.83. The van der Waals surface area contributed by atoms with E-state index in [2.05, 4.69) is 40.2 Å². The van der Waals surface area contributed by atoms with Crippen LogP contribution in [-0.4, -0.2) is 24.4 Å². The molecule has 1 aliphatic heterocycles. The minimum atomic E-state index is -0.776. The predicted molar refractivity (Wildman–Crippen MR) is 135 cm³/mol. The van der Waals surface area contributed by atoms with Crippen LogP contribution in [-0.2, 0) is 18.7 Å². The molecule has 2 amide bonds. The maximum Gasteiger partial charge on any atom is 0.338 e. The van der Waals surface area contributed by atoms with Gasteiger partial charge >= 0.3 is 5.97 Å². The van der Waals surface area contributed by atoms with Gasteiger partial charge in [-0.1, -0.05) is 78.3 Å². The summed E-state index contributed by atoms with van der Waals surface area (Å²) < 4.78 is 4.53. The van der Waals surface area contributed by atoms with E-state index in [1.807, 2.05) is 38.1 Å². The maximum atomic E-state index is 13.9. The van der Waals surface area contributed by atoms with Gasteiger partial charge in [-0.15, -0.1) is 0 Å². The Morgan fingerprint density at radius 1 is 0.914 bits per heavy atom. The summed E-state index contributed by atoms with van der Waals surface area (Å²) in [5, 5.41) is 0. The number of carbonyl (C=O) groups excluding carboxylic acids is 3. The molecule has 4 aliphatic rings. The minimum Gasteiger partial charge on any atom is -0.462 e. The smallest absolute Gasteiger partial charge is 0.338 e. The molecule has 5 nitrogen and oxygen atoms in total. The van der Waals surface area contributed by atoms with Crippen LogP contribution < -0.4 is 4.90 Å². The van der Waals surface area contributed by atoms with Gasteiger partial charge in [-0.05, 0) is 52.4 Å². The van der Waals surface area contributed by atoms with Crippen LogP contribution in [0, 0.1) is 17.8 Å². The Morgan fingerprint density at radius 2 is 1.49 bits per heavy atom. The van der Waals surface area contributed by atoms with Crippen LogP contribution in [0.25, 0.3) is 0 Å². The summed E-state index contributed by atoms with van der Waals surface area (Å²) in [6, 6.07) is 22.7. The average Bonchev–Trinajstić information content (AvgIpc) is 3.14. The highest BCUT2D eigenvalue weighted by atomic mass is 79.9. The highest BCUT2D eigenvalue weighted by Gasteiger charge is 2.67. The fraction of sp³-hybridized carbons (Fsp3) is 0.276. The van der Waals surface area contributed by atoms with Gasteiger partial charge in [-0.2, -0.15) is 0 Å². The number of ether oxygens (including phenoxy) is 1.